The number of benzene rings is 3. The van der Waals surface area contributed by atoms with E-state index in [1.165, 1.54) is 0 Å². The molecule has 0 saturated carbocycles. The lowest BCUT2D eigenvalue weighted by Gasteiger charge is -2.14. The van der Waals surface area contributed by atoms with Crippen LogP contribution in [-0.2, 0) is 0 Å². The number of aromatic amines is 1. The van der Waals surface area contributed by atoms with Crippen LogP contribution in [0.15, 0.2) is 102 Å². The summed E-state index contributed by atoms with van der Waals surface area (Å²) in [5, 5.41) is 4.85. The van der Waals surface area contributed by atoms with Gasteiger partial charge in [0.15, 0.2) is 0 Å². The number of para-hydroxylation sites is 1. The molecular weight excluding hydrogens is 382 g/mol. The molecule has 0 atom stereocenters. The van der Waals surface area contributed by atoms with E-state index in [-0.39, 0.29) is 5.56 Å². The molecule has 0 aliphatic heterocycles. The van der Waals surface area contributed by atoms with Crippen LogP contribution in [0.25, 0.3) is 54.8 Å². The van der Waals surface area contributed by atoms with Gasteiger partial charge in [-0.05, 0) is 52.7 Å². The first-order chi connectivity index (χ1) is 15.3. The minimum absolute atomic E-state index is 0.0811. The summed E-state index contributed by atoms with van der Waals surface area (Å²) in [5.74, 6) is 0. The zero-order valence-electron chi connectivity index (χ0n) is 16.5. The Kier molecular flexibility index (Phi) is 3.90. The molecule has 0 aliphatic carbocycles. The molecular formula is C27H17N3O. The highest BCUT2D eigenvalue weighted by atomic mass is 16.1. The van der Waals surface area contributed by atoms with Crippen molar-refractivity contribution in [2.75, 3.05) is 0 Å². The molecule has 31 heavy (non-hydrogen) atoms. The van der Waals surface area contributed by atoms with Crippen LogP contribution in [0, 0.1) is 0 Å². The fourth-order valence-corrected chi connectivity index (χ4v) is 4.23. The summed E-state index contributed by atoms with van der Waals surface area (Å²) in [6, 6.07) is 26.5. The molecule has 0 fully saturated rings. The predicted molar refractivity (Wildman–Crippen MR) is 126 cm³/mol. The number of H-pyrrole nitrogens is 1. The van der Waals surface area contributed by atoms with Gasteiger partial charge in [-0.15, -0.1) is 0 Å². The van der Waals surface area contributed by atoms with Crippen molar-refractivity contribution < 1.29 is 0 Å². The summed E-state index contributed by atoms with van der Waals surface area (Å²) in [6.45, 7) is 0. The van der Waals surface area contributed by atoms with Gasteiger partial charge in [0, 0.05) is 45.9 Å². The standard InChI is InChI=1S/C27H17N3O/c31-27-22-9-8-17(14-18(22)10-13-29-27)24-15-19-4-1-2-7-25(19)30-26(24)23-6-3-5-20-16-28-12-11-21(20)23/h1-16H,(H,29,31). The summed E-state index contributed by atoms with van der Waals surface area (Å²) in [5.41, 5.74) is 4.90. The third-order valence-electron chi connectivity index (χ3n) is 5.74. The Morgan fingerprint density at radius 2 is 1.61 bits per heavy atom. The molecule has 4 nitrogen and oxygen atoms in total. The van der Waals surface area contributed by atoms with E-state index in [9.17, 15) is 4.79 Å². The van der Waals surface area contributed by atoms with Crippen LogP contribution in [0.4, 0.5) is 0 Å². The number of pyridine rings is 3. The van der Waals surface area contributed by atoms with Crippen molar-refractivity contribution in [2.45, 2.75) is 0 Å². The maximum absolute atomic E-state index is 12.2. The van der Waals surface area contributed by atoms with Crippen LogP contribution >= 0.6 is 0 Å². The highest BCUT2D eigenvalue weighted by molar-refractivity contribution is 6.02. The monoisotopic (exact) mass is 399 g/mol. The summed E-state index contributed by atoms with van der Waals surface area (Å²) in [7, 11) is 0. The number of hydrogen-bond acceptors (Lipinski definition) is 3. The van der Waals surface area contributed by atoms with E-state index in [4.69, 9.17) is 4.98 Å². The van der Waals surface area contributed by atoms with Gasteiger partial charge < -0.3 is 4.98 Å². The minimum atomic E-state index is -0.0811. The van der Waals surface area contributed by atoms with Gasteiger partial charge in [0.05, 0.1) is 11.2 Å². The predicted octanol–water partition coefficient (Wildman–Crippen LogP) is 5.96. The molecule has 6 rings (SSSR count). The number of nitrogens with zero attached hydrogens (tertiary/aromatic N) is 2. The molecule has 6 aromatic rings. The second-order valence-corrected chi connectivity index (χ2v) is 7.59. The van der Waals surface area contributed by atoms with Crippen LogP contribution in [0.2, 0.25) is 0 Å². The number of fused-ring (bicyclic) bond motifs is 3. The maximum Gasteiger partial charge on any atom is 0.255 e. The van der Waals surface area contributed by atoms with Gasteiger partial charge in [0.1, 0.15) is 0 Å². The molecule has 4 heteroatoms. The largest absolute Gasteiger partial charge is 0.329 e. The highest BCUT2D eigenvalue weighted by Gasteiger charge is 2.14. The molecule has 146 valence electrons. The van der Waals surface area contributed by atoms with E-state index in [0.29, 0.717) is 5.39 Å². The van der Waals surface area contributed by atoms with Gasteiger partial charge in [0.25, 0.3) is 5.56 Å². The Morgan fingerprint density at radius 1 is 0.710 bits per heavy atom. The van der Waals surface area contributed by atoms with E-state index < -0.39 is 0 Å². The molecule has 0 aliphatic rings. The van der Waals surface area contributed by atoms with Gasteiger partial charge in [-0.1, -0.05) is 42.5 Å². The van der Waals surface area contributed by atoms with Crippen molar-refractivity contribution in [3.8, 4) is 22.4 Å². The molecule has 3 heterocycles. The molecule has 0 saturated heterocycles. The first kappa shape index (κ1) is 17.5. The van der Waals surface area contributed by atoms with Gasteiger partial charge >= 0.3 is 0 Å². The molecule has 0 radical (unpaired) electrons. The normalized spacial score (nSPS) is 11.4. The first-order valence-electron chi connectivity index (χ1n) is 10.1. The van der Waals surface area contributed by atoms with E-state index in [1.54, 1.807) is 6.20 Å². The van der Waals surface area contributed by atoms with Crippen LogP contribution < -0.4 is 5.56 Å². The van der Waals surface area contributed by atoms with Crippen molar-refractivity contribution in [2.24, 2.45) is 0 Å². The number of aromatic nitrogens is 3. The van der Waals surface area contributed by atoms with Gasteiger partial charge in [-0.2, -0.15) is 0 Å². The topological polar surface area (TPSA) is 58.6 Å². The van der Waals surface area contributed by atoms with Gasteiger partial charge in [-0.25, -0.2) is 4.98 Å². The summed E-state index contributed by atoms with van der Waals surface area (Å²) in [6.07, 6.45) is 5.38. The first-order valence-corrected chi connectivity index (χ1v) is 10.1. The van der Waals surface area contributed by atoms with Crippen molar-refractivity contribution in [1.29, 1.82) is 0 Å². The van der Waals surface area contributed by atoms with E-state index in [0.717, 1.165) is 49.4 Å². The molecule has 3 aromatic heterocycles. The third-order valence-corrected chi connectivity index (χ3v) is 5.74. The molecule has 0 unspecified atom stereocenters. The second kappa shape index (κ2) is 6.89. The highest BCUT2D eigenvalue weighted by Crippen LogP contribution is 2.37. The Labute approximate surface area is 177 Å². The zero-order chi connectivity index (χ0) is 20.8. The van der Waals surface area contributed by atoms with Gasteiger partial charge in [-0.3, -0.25) is 9.78 Å². The van der Waals surface area contributed by atoms with Gasteiger partial charge in [0.2, 0.25) is 0 Å². The minimum Gasteiger partial charge on any atom is -0.329 e. The lowest BCUT2D eigenvalue weighted by atomic mass is 9.94. The van der Waals surface area contributed by atoms with Crippen LogP contribution in [0.1, 0.15) is 0 Å². The van der Waals surface area contributed by atoms with Crippen molar-refractivity contribution in [1.82, 2.24) is 15.0 Å². The SMILES string of the molecule is O=c1[nH]ccc2cc(-c3cc4ccccc4nc3-c3cccc4cnccc34)ccc12. The van der Waals surface area contributed by atoms with Crippen molar-refractivity contribution in [3.63, 3.8) is 0 Å². The average molecular weight is 399 g/mol. The second-order valence-electron chi connectivity index (χ2n) is 7.59. The van der Waals surface area contributed by atoms with Crippen LogP contribution in [0.5, 0.6) is 0 Å². The maximum atomic E-state index is 12.2. The fraction of sp³-hybridized carbons (Fsp3) is 0. The molecule has 0 spiro atoms. The molecule has 0 bridgehead atoms. The van der Waals surface area contributed by atoms with E-state index in [2.05, 4.69) is 40.3 Å². The zero-order valence-corrected chi connectivity index (χ0v) is 16.5. The van der Waals surface area contributed by atoms with Crippen molar-refractivity contribution in [3.05, 3.63) is 108 Å². The molecule has 1 N–H and O–H groups in total. The summed E-state index contributed by atoms with van der Waals surface area (Å²) >= 11 is 0. The lowest BCUT2D eigenvalue weighted by Crippen LogP contribution is -2.04. The van der Waals surface area contributed by atoms with Crippen LogP contribution in [-0.4, -0.2) is 15.0 Å². The fourth-order valence-electron chi connectivity index (χ4n) is 4.23. The summed E-state index contributed by atoms with van der Waals surface area (Å²) in [4.78, 5) is 24.3. The Balaban J connectivity index is 1.70. The van der Waals surface area contributed by atoms with E-state index in [1.807, 2.05) is 60.9 Å². The molecule has 3 aromatic carbocycles. The molecule has 0 amide bonds. The Hall–Kier alpha value is -4.31. The number of rotatable bonds is 2. The van der Waals surface area contributed by atoms with Crippen molar-refractivity contribution >= 4 is 32.4 Å². The Morgan fingerprint density at radius 3 is 2.58 bits per heavy atom. The summed E-state index contributed by atoms with van der Waals surface area (Å²) < 4.78 is 0. The number of nitrogens with one attached hydrogen (secondary N) is 1. The smallest absolute Gasteiger partial charge is 0.255 e. The Bertz CT molecular complexity index is 1660. The third kappa shape index (κ3) is 2.89. The quantitative estimate of drug-likeness (QED) is 0.391. The van der Waals surface area contributed by atoms with E-state index >= 15 is 0 Å². The average Bonchev–Trinajstić information content (AvgIpc) is 2.83. The lowest BCUT2D eigenvalue weighted by molar-refractivity contribution is 1.28. The number of hydrogen-bond donors (Lipinski definition) is 1. The van der Waals surface area contributed by atoms with Crippen LogP contribution in [0.3, 0.4) is 0 Å².